The van der Waals surface area contributed by atoms with Gasteiger partial charge in [-0.15, -0.1) is 0 Å². The molecule has 0 aliphatic carbocycles. The second kappa shape index (κ2) is 8.34. The normalized spacial score (nSPS) is 13.0. The zero-order chi connectivity index (χ0) is 18.4. The molecule has 0 heterocycles. The maximum absolute atomic E-state index is 12.5. The molecule has 0 aliphatic heterocycles. The van der Waals surface area contributed by atoms with Crippen molar-refractivity contribution in [3.63, 3.8) is 0 Å². The van der Waals surface area contributed by atoms with E-state index in [1.165, 1.54) is 12.1 Å². The standard InChI is InChI=1S/C14H21F3N4O2S/c1-18-13(19-8-9-20-24(3,22)23)21(2)10-11-4-6-12(7-5-11)14(15,16)17/h4-7,20H,8-10H2,1-3H3,(H,18,19). The van der Waals surface area contributed by atoms with Gasteiger partial charge in [-0.1, -0.05) is 12.1 Å². The van der Waals surface area contributed by atoms with Gasteiger partial charge >= 0.3 is 6.18 Å². The molecule has 1 aromatic rings. The number of alkyl halides is 3. The van der Waals surface area contributed by atoms with E-state index in [2.05, 4.69) is 15.0 Å². The number of sulfonamides is 1. The minimum Gasteiger partial charge on any atom is -0.355 e. The van der Waals surface area contributed by atoms with Crippen molar-refractivity contribution in [3.05, 3.63) is 35.4 Å². The van der Waals surface area contributed by atoms with Crippen LogP contribution in [-0.4, -0.2) is 52.7 Å². The van der Waals surface area contributed by atoms with Crippen LogP contribution < -0.4 is 10.0 Å². The average Bonchev–Trinajstić information content (AvgIpc) is 2.45. The van der Waals surface area contributed by atoms with Crippen molar-refractivity contribution < 1.29 is 21.6 Å². The molecule has 1 aromatic carbocycles. The summed E-state index contributed by atoms with van der Waals surface area (Å²) >= 11 is 0. The molecule has 0 radical (unpaired) electrons. The molecule has 10 heteroatoms. The molecule has 136 valence electrons. The molecule has 0 saturated heterocycles. The van der Waals surface area contributed by atoms with Crippen molar-refractivity contribution in [2.45, 2.75) is 12.7 Å². The summed E-state index contributed by atoms with van der Waals surface area (Å²) in [5.41, 5.74) is 0.00553. The third-order valence-corrected chi connectivity index (χ3v) is 3.78. The van der Waals surface area contributed by atoms with Gasteiger partial charge in [0.05, 0.1) is 11.8 Å². The van der Waals surface area contributed by atoms with E-state index in [9.17, 15) is 21.6 Å². The number of nitrogens with one attached hydrogen (secondary N) is 2. The molecule has 0 saturated carbocycles. The molecule has 0 amide bonds. The van der Waals surface area contributed by atoms with Gasteiger partial charge < -0.3 is 10.2 Å². The highest BCUT2D eigenvalue weighted by atomic mass is 32.2. The Bertz CT molecular complexity index is 658. The summed E-state index contributed by atoms with van der Waals surface area (Å²) in [5.74, 6) is 0.505. The predicted octanol–water partition coefficient (Wildman–Crippen LogP) is 1.26. The van der Waals surface area contributed by atoms with Crippen molar-refractivity contribution in [3.8, 4) is 0 Å². The Hall–Kier alpha value is -1.81. The summed E-state index contributed by atoms with van der Waals surface area (Å²) in [6.45, 7) is 0.889. The topological polar surface area (TPSA) is 73.8 Å². The van der Waals surface area contributed by atoms with Crippen LogP contribution >= 0.6 is 0 Å². The number of nitrogens with zero attached hydrogens (tertiary/aromatic N) is 2. The van der Waals surface area contributed by atoms with Gasteiger partial charge in [-0.05, 0) is 17.7 Å². The number of halogens is 3. The second-order valence-corrected chi connectivity index (χ2v) is 7.02. The number of guanidine groups is 1. The van der Waals surface area contributed by atoms with Crippen LogP contribution in [0.4, 0.5) is 13.2 Å². The van der Waals surface area contributed by atoms with E-state index < -0.39 is 21.8 Å². The van der Waals surface area contributed by atoms with Crippen LogP contribution in [0.1, 0.15) is 11.1 Å². The van der Waals surface area contributed by atoms with Gasteiger partial charge in [0.1, 0.15) is 0 Å². The molecule has 0 aliphatic rings. The fourth-order valence-corrected chi connectivity index (χ4v) is 2.42. The fourth-order valence-electron chi connectivity index (χ4n) is 1.94. The third kappa shape index (κ3) is 7.18. The monoisotopic (exact) mass is 366 g/mol. The van der Waals surface area contributed by atoms with E-state index >= 15 is 0 Å². The summed E-state index contributed by atoms with van der Waals surface area (Å²) < 4.78 is 61.9. The first kappa shape index (κ1) is 20.2. The van der Waals surface area contributed by atoms with Crippen LogP contribution in [0.15, 0.2) is 29.3 Å². The molecule has 0 aromatic heterocycles. The van der Waals surface area contributed by atoms with Gasteiger partial charge in [-0.2, -0.15) is 13.2 Å². The van der Waals surface area contributed by atoms with Gasteiger partial charge in [0.15, 0.2) is 5.96 Å². The minimum absolute atomic E-state index is 0.200. The quantitative estimate of drug-likeness (QED) is 0.452. The Labute approximate surface area is 139 Å². The molecule has 0 spiro atoms. The van der Waals surface area contributed by atoms with E-state index in [1.54, 1.807) is 19.0 Å². The number of rotatable bonds is 6. The first-order valence-electron chi connectivity index (χ1n) is 7.05. The first-order valence-corrected chi connectivity index (χ1v) is 8.94. The predicted molar refractivity (Wildman–Crippen MR) is 87.1 cm³/mol. The molecule has 0 bridgehead atoms. The van der Waals surface area contributed by atoms with Gasteiger partial charge in [0.25, 0.3) is 0 Å². The van der Waals surface area contributed by atoms with Crippen LogP contribution in [0.3, 0.4) is 0 Å². The molecule has 6 nitrogen and oxygen atoms in total. The molecular formula is C14H21F3N4O2S. The van der Waals surface area contributed by atoms with Crippen molar-refractivity contribution >= 4 is 16.0 Å². The number of hydrogen-bond acceptors (Lipinski definition) is 3. The molecule has 1 rings (SSSR count). The molecule has 2 N–H and O–H groups in total. The molecular weight excluding hydrogens is 345 g/mol. The largest absolute Gasteiger partial charge is 0.416 e. The van der Waals surface area contributed by atoms with Crippen LogP contribution in [0.2, 0.25) is 0 Å². The highest BCUT2D eigenvalue weighted by molar-refractivity contribution is 7.88. The van der Waals surface area contributed by atoms with Crippen LogP contribution in [-0.2, 0) is 22.7 Å². The van der Waals surface area contributed by atoms with Gasteiger partial charge in [0.2, 0.25) is 10.0 Å². The van der Waals surface area contributed by atoms with Crippen molar-refractivity contribution in [1.82, 2.24) is 14.9 Å². The van der Waals surface area contributed by atoms with Gasteiger partial charge in [-0.3, -0.25) is 4.99 Å². The van der Waals surface area contributed by atoms with Crippen LogP contribution in [0.5, 0.6) is 0 Å². The van der Waals surface area contributed by atoms with Crippen LogP contribution in [0.25, 0.3) is 0 Å². The lowest BCUT2D eigenvalue weighted by molar-refractivity contribution is -0.137. The Balaban J connectivity index is 2.56. The fraction of sp³-hybridized carbons (Fsp3) is 0.500. The Morgan fingerprint density at radius 3 is 2.25 bits per heavy atom. The zero-order valence-electron chi connectivity index (χ0n) is 13.7. The van der Waals surface area contributed by atoms with Crippen LogP contribution in [0, 0.1) is 0 Å². The molecule has 0 atom stereocenters. The first-order chi connectivity index (χ1) is 11.0. The Morgan fingerprint density at radius 1 is 1.21 bits per heavy atom. The summed E-state index contributed by atoms with van der Waals surface area (Å²) in [4.78, 5) is 5.77. The maximum Gasteiger partial charge on any atom is 0.416 e. The summed E-state index contributed by atoms with van der Waals surface area (Å²) in [5, 5.41) is 2.97. The zero-order valence-corrected chi connectivity index (χ0v) is 14.5. The lowest BCUT2D eigenvalue weighted by atomic mass is 10.1. The smallest absolute Gasteiger partial charge is 0.355 e. The summed E-state index contributed by atoms with van der Waals surface area (Å²) in [7, 11) is 0.0491. The van der Waals surface area contributed by atoms with E-state index in [1.807, 2.05) is 0 Å². The lowest BCUT2D eigenvalue weighted by Crippen LogP contribution is -2.42. The number of aliphatic imine (C=N–C) groups is 1. The van der Waals surface area contributed by atoms with Crippen molar-refractivity contribution in [2.24, 2.45) is 4.99 Å². The SMILES string of the molecule is CN=C(NCCNS(C)(=O)=O)N(C)Cc1ccc(C(F)(F)F)cc1. The lowest BCUT2D eigenvalue weighted by Gasteiger charge is -2.22. The average molecular weight is 366 g/mol. The third-order valence-electron chi connectivity index (χ3n) is 3.05. The Kier molecular flexibility index (Phi) is 7.03. The maximum atomic E-state index is 12.5. The highest BCUT2D eigenvalue weighted by Gasteiger charge is 2.29. The molecule has 0 fully saturated rings. The number of hydrogen-bond donors (Lipinski definition) is 2. The molecule has 0 unspecified atom stereocenters. The van der Waals surface area contributed by atoms with Crippen molar-refractivity contribution in [2.75, 3.05) is 33.4 Å². The Morgan fingerprint density at radius 2 is 1.79 bits per heavy atom. The minimum atomic E-state index is -4.35. The summed E-state index contributed by atoms with van der Waals surface area (Å²) in [6, 6.07) is 4.90. The highest BCUT2D eigenvalue weighted by Crippen LogP contribution is 2.29. The van der Waals surface area contributed by atoms with Gasteiger partial charge in [0, 0.05) is 33.7 Å². The second-order valence-electron chi connectivity index (χ2n) is 5.19. The van der Waals surface area contributed by atoms with E-state index in [-0.39, 0.29) is 6.54 Å². The van der Waals surface area contributed by atoms with E-state index in [0.717, 1.165) is 18.4 Å². The van der Waals surface area contributed by atoms with Gasteiger partial charge in [-0.25, -0.2) is 13.1 Å². The van der Waals surface area contributed by atoms with E-state index in [4.69, 9.17) is 0 Å². The summed E-state index contributed by atoms with van der Waals surface area (Å²) in [6.07, 6.45) is -3.28. The van der Waals surface area contributed by atoms with Crippen molar-refractivity contribution in [1.29, 1.82) is 0 Å². The number of benzene rings is 1. The molecule has 24 heavy (non-hydrogen) atoms. The van der Waals surface area contributed by atoms with E-state index in [0.29, 0.717) is 24.6 Å².